The Kier molecular flexibility index (Phi) is 9.57. The SMILES string of the molecule is CON(C)C(=O)c1cn(-c2ccc(C(=O)NCC(F)(F)F)cc2OCCCCCCF)nn1. The van der Waals surface area contributed by atoms with Crippen LogP contribution < -0.4 is 10.1 Å². The molecule has 0 saturated heterocycles. The van der Waals surface area contributed by atoms with Crippen LogP contribution >= 0.6 is 0 Å². The standard InChI is InChI=1S/C20H25F4N5O4/c1-28(32-2)19(31)15-12-29(27-26-15)16-8-7-14(18(30)25-13-20(22,23)24)11-17(16)33-10-6-4-3-5-9-21/h7-8,11-12H,3-6,9-10,13H2,1-2H3,(H,25,30). The Labute approximate surface area is 187 Å². The van der Waals surface area contributed by atoms with Crippen LogP contribution in [0.3, 0.4) is 0 Å². The summed E-state index contributed by atoms with van der Waals surface area (Å²) in [6.45, 7) is -1.65. The quantitative estimate of drug-likeness (QED) is 0.288. The maximum absolute atomic E-state index is 12.4. The molecule has 1 heterocycles. The van der Waals surface area contributed by atoms with Crippen molar-refractivity contribution in [1.82, 2.24) is 25.4 Å². The van der Waals surface area contributed by atoms with Gasteiger partial charge in [-0.05, 0) is 37.5 Å². The van der Waals surface area contributed by atoms with E-state index in [1.807, 2.05) is 0 Å². The molecule has 2 aromatic rings. The molecular formula is C20H25F4N5O4. The molecule has 2 rings (SSSR count). The summed E-state index contributed by atoms with van der Waals surface area (Å²) in [5.74, 6) is -1.32. The van der Waals surface area contributed by atoms with Crippen molar-refractivity contribution in [2.75, 3.05) is 34.0 Å². The topological polar surface area (TPSA) is 98.6 Å². The van der Waals surface area contributed by atoms with Gasteiger partial charge in [0.25, 0.3) is 11.8 Å². The summed E-state index contributed by atoms with van der Waals surface area (Å²) in [7, 11) is 2.71. The van der Waals surface area contributed by atoms with E-state index in [-0.39, 0.29) is 23.6 Å². The number of carbonyl (C=O) groups excluding carboxylic acids is 2. The molecule has 33 heavy (non-hydrogen) atoms. The Hall–Kier alpha value is -3.22. The third-order valence-electron chi connectivity index (χ3n) is 4.48. The number of hydrogen-bond acceptors (Lipinski definition) is 6. The second-order valence-electron chi connectivity index (χ2n) is 6.97. The largest absolute Gasteiger partial charge is 0.491 e. The van der Waals surface area contributed by atoms with Gasteiger partial charge in [-0.25, -0.2) is 9.75 Å². The zero-order chi connectivity index (χ0) is 24.4. The number of nitrogens with zero attached hydrogens (tertiary/aromatic N) is 4. The number of hydroxylamine groups is 2. The maximum atomic E-state index is 12.4. The zero-order valence-electron chi connectivity index (χ0n) is 18.2. The molecule has 0 fully saturated rings. The molecule has 0 unspecified atom stereocenters. The van der Waals surface area contributed by atoms with Gasteiger partial charge in [-0.1, -0.05) is 11.6 Å². The summed E-state index contributed by atoms with van der Waals surface area (Å²) in [5.41, 5.74) is 0.243. The normalized spacial score (nSPS) is 11.3. The van der Waals surface area contributed by atoms with E-state index < -0.39 is 31.2 Å². The third kappa shape index (κ3) is 8.00. The summed E-state index contributed by atoms with van der Waals surface area (Å²) in [6.07, 6.45) is -0.766. The fourth-order valence-electron chi connectivity index (χ4n) is 2.70. The monoisotopic (exact) mass is 475 g/mol. The van der Waals surface area contributed by atoms with E-state index in [4.69, 9.17) is 9.57 Å². The first kappa shape index (κ1) is 26.0. The lowest BCUT2D eigenvalue weighted by atomic mass is 10.1. The lowest BCUT2D eigenvalue weighted by Crippen LogP contribution is -2.33. The van der Waals surface area contributed by atoms with Crippen LogP contribution in [0.4, 0.5) is 17.6 Å². The number of hydrogen-bond donors (Lipinski definition) is 1. The predicted octanol–water partition coefficient (Wildman–Crippen LogP) is 3.10. The van der Waals surface area contributed by atoms with Crippen molar-refractivity contribution in [2.45, 2.75) is 31.9 Å². The fourth-order valence-corrected chi connectivity index (χ4v) is 2.70. The van der Waals surface area contributed by atoms with E-state index in [0.717, 1.165) is 11.5 Å². The van der Waals surface area contributed by atoms with Gasteiger partial charge < -0.3 is 10.1 Å². The Morgan fingerprint density at radius 1 is 1.18 bits per heavy atom. The number of halogens is 4. The minimum atomic E-state index is -4.55. The number of ether oxygens (including phenoxy) is 1. The van der Waals surface area contributed by atoms with Gasteiger partial charge in [-0.3, -0.25) is 18.8 Å². The number of benzene rings is 1. The van der Waals surface area contributed by atoms with Crippen LogP contribution in [-0.4, -0.2) is 72.0 Å². The summed E-state index contributed by atoms with van der Waals surface area (Å²) < 4.78 is 56.4. The molecule has 0 saturated carbocycles. The number of amides is 2. The molecule has 1 aromatic heterocycles. The summed E-state index contributed by atoms with van der Waals surface area (Å²) in [6, 6.07) is 4.01. The van der Waals surface area contributed by atoms with Crippen molar-refractivity contribution in [2.24, 2.45) is 0 Å². The summed E-state index contributed by atoms with van der Waals surface area (Å²) in [5, 5.41) is 10.4. The molecule has 9 nitrogen and oxygen atoms in total. The molecule has 13 heteroatoms. The second-order valence-corrected chi connectivity index (χ2v) is 6.97. The Bertz CT molecular complexity index is 935. The number of unbranched alkanes of at least 4 members (excludes halogenated alkanes) is 3. The van der Waals surface area contributed by atoms with Crippen LogP contribution in [0, 0.1) is 0 Å². The van der Waals surface area contributed by atoms with Crippen molar-refractivity contribution in [3.63, 3.8) is 0 Å². The molecule has 0 bridgehead atoms. The molecule has 0 aliphatic carbocycles. The first-order chi connectivity index (χ1) is 15.7. The van der Waals surface area contributed by atoms with Crippen molar-refractivity contribution < 1.29 is 36.7 Å². The van der Waals surface area contributed by atoms with E-state index in [9.17, 15) is 27.2 Å². The van der Waals surface area contributed by atoms with Gasteiger partial charge in [0.05, 0.1) is 26.6 Å². The molecule has 1 aromatic carbocycles. The van der Waals surface area contributed by atoms with Crippen LogP contribution in [0.1, 0.15) is 46.5 Å². The van der Waals surface area contributed by atoms with Gasteiger partial charge in [0.1, 0.15) is 18.0 Å². The molecule has 1 N–H and O–H groups in total. The van der Waals surface area contributed by atoms with Crippen molar-refractivity contribution in [3.05, 3.63) is 35.7 Å². The van der Waals surface area contributed by atoms with Gasteiger partial charge in [-0.15, -0.1) is 5.10 Å². The highest BCUT2D eigenvalue weighted by molar-refractivity contribution is 5.95. The lowest BCUT2D eigenvalue weighted by Gasteiger charge is -2.14. The maximum Gasteiger partial charge on any atom is 0.405 e. The molecule has 0 aliphatic heterocycles. The van der Waals surface area contributed by atoms with Crippen molar-refractivity contribution in [3.8, 4) is 11.4 Å². The first-order valence-electron chi connectivity index (χ1n) is 10.1. The number of carbonyl (C=O) groups is 2. The number of nitrogens with one attached hydrogen (secondary N) is 1. The predicted molar refractivity (Wildman–Crippen MR) is 109 cm³/mol. The average molecular weight is 475 g/mol. The lowest BCUT2D eigenvalue weighted by molar-refractivity contribution is -0.123. The highest BCUT2D eigenvalue weighted by Gasteiger charge is 2.28. The van der Waals surface area contributed by atoms with E-state index in [2.05, 4.69) is 10.3 Å². The van der Waals surface area contributed by atoms with Gasteiger partial charge in [-0.2, -0.15) is 13.2 Å². The molecule has 0 aliphatic rings. The third-order valence-corrected chi connectivity index (χ3v) is 4.48. The van der Waals surface area contributed by atoms with Crippen LogP contribution in [0.15, 0.2) is 24.4 Å². The highest BCUT2D eigenvalue weighted by Crippen LogP contribution is 2.25. The first-order valence-corrected chi connectivity index (χ1v) is 10.1. The van der Waals surface area contributed by atoms with Gasteiger partial charge in [0.2, 0.25) is 0 Å². The van der Waals surface area contributed by atoms with E-state index >= 15 is 0 Å². The molecule has 0 radical (unpaired) electrons. The van der Waals surface area contributed by atoms with Crippen molar-refractivity contribution >= 4 is 11.8 Å². The minimum Gasteiger partial charge on any atom is -0.491 e. The molecule has 0 spiro atoms. The van der Waals surface area contributed by atoms with Crippen molar-refractivity contribution in [1.29, 1.82) is 0 Å². The summed E-state index contributed by atoms with van der Waals surface area (Å²) >= 11 is 0. The Balaban J connectivity index is 2.24. The van der Waals surface area contributed by atoms with Gasteiger partial charge in [0, 0.05) is 12.6 Å². The molecule has 0 atom stereocenters. The average Bonchev–Trinajstić information content (AvgIpc) is 3.28. The zero-order valence-corrected chi connectivity index (χ0v) is 18.2. The van der Waals surface area contributed by atoms with Gasteiger partial charge in [0.15, 0.2) is 5.69 Å². The van der Waals surface area contributed by atoms with E-state index in [1.54, 1.807) is 5.32 Å². The number of alkyl halides is 4. The fraction of sp³-hybridized carbons (Fsp3) is 0.500. The second kappa shape index (κ2) is 12.1. The Morgan fingerprint density at radius 3 is 2.58 bits per heavy atom. The van der Waals surface area contributed by atoms with E-state index in [0.29, 0.717) is 24.9 Å². The van der Waals surface area contributed by atoms with Gasteiger partial charge >= 0.3 is 6.18 Å². The Morgan fingerprint density at radius 2 is 1.91 bits per heavy atom. The number of rotatable bonds is 12. The minimum absolute atomic E-state index is 0.0245. The van der Waals surface area contributed by atoms with Crippen LogP contribution in [0.2, 0.25) is 0 Å². The van der Waals surface area contributed by atoms with E-state index in [1.165, 1.54) is 43.2 Å². The van der Waals surface area contributed by atoms with Crippen LogP contribution in [-0.2, 0) is 4.84 Å². The van der Waals surface area contributed by atoms with Crippen LogP contribution in [0.25, 0.3) is 5.69 Å². The summed E-state index contributed by atoms with van der Waals surface area (Å²) in [4.78, 5) is 29.1. The highest BCUT2D eigenvalue weighted by atomic mass is 19.4. The van der Waals surface area contributed by atoms with Crippen LogP contribution in [0.5, 0.6) is 5.75 Å². The smallest absolute Gasteiger partial charge is 0.405 e. The molecule has 2 amide bonds. The molecular weight excluding hydrogens is 450 g/mol. The number of aromatic nitrogens is 3. The molecule has 182 valence electrons.